The normalized spacial score (nSPS) is 13.6. The van der Waals surface area contributed by atoms with Crippen molar-refractivity contribution in [2.45, 2.75) is 12.8 Å². The molecule has 1 aromatic rings. The molecule has 0 fully saturated rings. The van der Waals surface area contributed by atoms with Gasteiger partial charge in [-0.05, 0) is 49.3 Å². The number of rotatable bonds is 5. The molecule has 0 saturated heterocycles. The molecule has 2 N–H and O–H groups in total. The molecule has 0 spiro atoms. The monoisotopic (exact) mass is 308 g/mol. The maximum atomic E-state index is 5.88. The molecule has 0 aromatic heterocycles. The van der Waals surface area contributed by atoms with Gasteiger partial charge in [-0.1, -0.05) is 29.8 Å². The minimum atomic E-state index is 0.525. The van der Waals surface area contributed by atoms with Gasteiger partial charge >= 0.3 is 0 Å². The van der Waals surface area contributed by atoms with Crippen LogP contribution in [-0.4, -0.2) is 18.3 Å². The summed E-state index contributed by atoms with van der Waals surface area (Å²) in [6.45, 7) is 1.16. The number of hydrogen-bond acceptors (Lipinski definition) is 2. The van der Waals surface area contributed by atoms with Crippen molar-refractivity contribution in [1.82, 2.24) is 10.6 Å². The zero-order chi connectivity index (χ0) is 14.2. The van der Waals surface area contributed by atoms with E-state index in [0.717, 1.165) is 24.3 Å². The van der Waals surface area contributed by atoms with Crippen molar-refractivity contribution in [1.29, 1.82) is 0 Å². The van der Waals surface area contributed by atoms with Crippen LogP contribution in [0.25, 0.3) is 0 Å². The molecule has 2 rings (SSSR count). The second kappa shape index (κ2) is 7.92. The van der Waals surface area contributed by atoms with Crippen molar-refractivity contribution < 1.29 is 4.74 Å². The molecule has 1 aromatic carbocycles. The van der Waals surface area contributed by atoms with E-state index in [0.29, 0.717) is 23.3 Å². The Bertz CT molecular complexity index is 528. The molecule has 0 aliphatic heterocycles. The van der Waals surface area contributed by atoms with Gasteiger partial charge < -0.3 is 15.4 Å². The van der Waals surface area contributed by atoms with Crippen LogP contribution in [0.2, 0.25) is 5.02 Å². The fraction of sp³-hybridized carbons (Fsp3) is 0.267. The second-order valence-corrected chi connectivity index (χ2v) is 5.17. The van der Waals surface area contributed by atoms with Crippen LogP contribution < -0.4 is 15.4 Å². The van der Waals surface area contributed by atoms with Crippen LogP contribution in [0, 0.1) is 0 Å². The SMILES string of the molecule is S=C(NCCOc1cccc(Cl)c1)NC1=CCCC=C1. The smallest absolute Gasteiger partial charge is 0.170 e. The van der Waals surface area contributed by atoms with E-state index in [1.54, 1.807) is 6.07 Å². The molecular weight excluding hydrogens is 292 g/mol. The predicted octanol–water partition coefficient (Wildman–Crippen LogP) is 3.42. The zero-order valence-electron chi connectivity index (χ0n) is 11.1. The van der Waals surface area contributed by atoms with Gasteiger partial charge in [0.05, 0.1) is 6.54 Å². The average Bonchev–Trinajstić information content (AvgIpc) is 2.45. The number of hydrogen-bond donors (Lipinski definition) is 2. The van der Waals surface area contributed by atoms with Gasteiger partial charge in [0.25, 0.3) is 0 Å². The molecule has 0 unspecified atom stereocenters. The van der Waals surface area contributed by atoms with E-state index < -0.39 is 0 Å². The van der Waals surface area contributed by atoms with Crippen LogP contribution in [-0.2, 0) is 0 Å². The minimum Gasteiger partial charge on any atom is -0.492 e. The Morgan fingerprint density at radius 3 is 3.00 bits per heavy atom. The van der Waals surface area contributed by atoms with Crippen LogP contribution >= 0.6 is 23.8 Å². The number of thiocarbonyl (C=S) groups is 1. The lowest BCUT2D eigenvalue weighted by molar-refractivity contribution is 0.322. The van der Waals surface area contributed by atoms with Crippen molar-refractivity contribution in [2.75, 3.05) is 13.2 Å². The molecule has 0 atom stereocenters. The first-order chi connectivity index (χ1) is 9.74. The highest BCUT2D eigenvalue weighted by molar-refractivity contribution is 7.80. The topological polar surface area (TPSA) is 33.3 Å². The molecule has 5 heteroatoms. The number of halogens is 1. The lowest BCUT2D eigenvalue weighted by Crippen LogP contribution is -2.36. The van der Waals surface area contributed by atoms with Crippen molar-refractivity contribution >= 4 is 28.9 Å². The van der Waals surface area contributed by atoms with Gasteiger partial charge in [-0.25, -0.2) is 0 Å². The second-order valence-electron chi connectivity index (χ2n) is 4.33. The van der Waals surface area contributed by atoms with E-state index in [2.05, 4.69) is 22.8 Å². The first-order valence-electron chi connectivity index (χ1n) is 6.54. The largest absolute Gasteiger partial charge is 0.492 e. The summed E-state index contributed by atoms with van der Waals surface area (Å²) >= 11 is 11.1. The van der Waals surface area contributed by atoms with E-state index in [4.69, 9.17) is 28.6 Å². The molecule has 0 radical (unpaired) electrons. The molecule has 1 aliphatic rings. The summed E-state index contributed by atoms with van der Waals surface area (Å²) < 4.78 is 5.56. The summed E-state index contributed by atoms with van der Waals surface area (Å²) in [5.41, 5.74) is 1.05. The molecule has 106 valence electrons. The Kier molecular flexibility index (Phi) is 5.89. The van der Waals surface area contributed by atoms with Crippen LogP contribution in [0.4, 0.5) is 0 Å². The van der Waals surface area contributed by atoms with Crippen LogP contribution in [0.1, 0.15) is 12.8 Å². The molecule has 0 bridgehead atoms. The number of benzene rings is 1. The predicted molar refractivity (Wildman–Crippen MR) is 87.1 cm³/mol. The lowest BCUT2D eigenvalue weighted by Gasteiger charge is -2.13. The molecular formula is C15H17ClN2OS. The molecule has 0 saturated carbocycles. The van der Waals surface area contributed by atoms with Crippen LogP contribution in [0.5, 0.6) is 5.75 Å². The first-order valence-corrected chi connectivity index (χ1v) is 7.32. The number of allylic oxidation sites excluding steroid dienone is 3. The minimum absolute atomic E-state index is 0.525. The van der Waals surface area contributed by atoms with Gasteiger partial charge in [-0.3, -0.25) is 0 Å². The van der Waals surface area contributed by atoms with E-state index in [1.165, 1.54) is 0 Å². The Balaban J connectivity index is 1.64. The summed E-state index contributed by atoms with van der Waals surface area (Å²) in [4.78, 5) is 0. The van der Waals surface area contributed by atoms with Crippen LogP contribution in [0.3, 0.4) is 0 Å². The van der Waals surface area contributed by atoms with Crippen LogP contribution in [0.15, 0.2) is 48.2 Å². The number of ether oxygens (including phenoxy) is 1. The Morgan fingerprint density at radius 2 is 2.25 bits per heavy atom. The quantitative estimate of drug-likeness (QED) is 0.645. The van der Waals surface area contributed by atoms with E-state index in [1.807, 2.05) is 24.3 Å². The third-order valence-corrected chi connectivity index (χ3v) is 3.19. The van der Waals surface area contributed by atoms with Crippen molar-refractivity contribution in [3.63, 3.8) is 0 Å². The van der Waals surface area contributed by atoms with Crippen molar-refractivity contribution in [2.24, 2.45) is 0 Å². The average molecular weight is 309 g/mol. The summed E-state index contributed by atoms with van der Waals surface area (Å²) in [6, 6.07) is 7.34. The maximum absolute atomic E-state index is 5.88. The van der Waals surface area contributed by atoms with Gasteiger partial charge in [-0.2, -0.15) is 0 Å². The standard InChI is InChI=1S/C15H17ClN2OS/c16-12-5-4-8-14(11-12)19-10-9-17-15(20)18-13-6-2-1-3-7-13/h2,4-8,11H,1,3,9-10H2,(H2,17,18,20). The third-order valence-electron chi connectivity index (χ3n) is 2.71. The van der Waals surface area contributed by atoms with Gasteiger partial charge in [-0.15, -0.1) is 0 Å². The number of nitrogens with one attached hydrogen (secondary N) is 2. The van der Waals surface area contributed by atoms with Gasteiger partial charge in [0.1, 0.15) is 12.4 Å². The summed E-state index contributed by atoms with van der Waals surface area (Å²) in [5.74, 6) is 0.760. The third kappa shape index (κ3) is 5.23. The summed E-state index contributed by atoms with van der Waals surface area (Å²) in [6.07, 6.45) is 8.46. The molecule has 3 nitrogen and oxygen atoms in total. The maximum Gasteiger partial charge on any atom is 0.170 e. The van der Waals surface area contributed by atoms with Crippen molar-refractivity contribution in [3.8, 4) is 5.75 Å². The molecule has 20 heavy (non-hydrogen) atoms. The highest BCUT2D eigenvalue weighted by Crippen LogP contribution is 2.16. The Hall–Kier alpha value is -1.52. The van der Waals surface area contributed by atoms with Gasteiger partial charge in [0, 0.05) is 10.7 Å². The van der Waals surface area contributed by atoms with E-state index in [9.17, 15) is 0 Å². The highest BCUT2D eigenvalue weighted by Gasteiger charge is 2.00. The fourth-order valence-electron chi connectivity index (χ4n) is 1.77. The summed E-state index contributed by atoms with van der Waals surface area (Å²) in [7, 11) is 0. The van der Waals surface area contributed by atoms with E-state index >= 15 is 0 Å². The zero-order valence-corrected chi connectivity index (χ0v) is 12.6. The first kappa shape index (κ1) is 14.9. The Morgan fingerprint density at radius 1 is 1.35 bits per heavy atom. The molecule has 1 aliphatic carbocycles. The van der Waals surface area contributed by atoms with Gasteiger partial charge in [0.15, 0.2) is 5.11 Å². The molecule has 0 heterocycles. The van der Waals surface area contributed by atoms with E-state index in [-0.39, 0.29) is 0 Å². The Labute approximate surface area is 129 Å². The molecule has 0 amide bonds. The van der Waals surface area contributed by atoms with Crippen molar-refractivity contribution in [3.05, 3.63) is 53.2 Å². The lowest BCUT2D eigenvalue weighted by atomic mass is 10.1. The fourth-order valence-corrected chi connectivity index (χ4v) is 2.17. The summed E-state index contributed by atoms with van der Waals surface area (Å²) in [5, 5.41) is 7.53. The van der Waals surface area contributed by atoms with Gasteiger partial charge in [0.2, 0.25) is 0 Å². The highest BCUT2D eigenvalue weighted by atomic mass is 35.5.